The van der Waals surface area contributed by atoms with Crippen molar-refractivity contribution in [2.75, 3.05) is 0 Å². The van der Waals surface area contributed by atoms with E-state index in [0.29, 0.717) is 5.92 Å². The molecule has 56 heavy (non-hydrogen) atoms. The number of hydrogen-bond donors (Lipinski definition) is 1. The van der Waals surface area contributed by atoms with Crippen LogP contribution in [0.15, 0.2) is 81.5 Å². The van der Waals surface area contributed by atoms with Crippen LogP contribution in [0.2, 0.25) is 0 Å². The van der Waals surface area contributed by atoms with Gasteiger partial charge < -0.3 is 13.9 Å². The Morgan fingerprint density at radius 3 is 2.02 bits per heavy atom. The predicted octanol–water partition coefficient (Wildman–Crippen LogP) is 14.6. The van der Waals surface area contributed by atoms with Gasteiger partial charge in [-0.1, -0.05) is 117 Å². The van der Waals surface area contributed by atoms with E-state index in [0.717, 1.165) is 93.3 Å². The number of aromatic nitrogens is 1. The summed E-state index contributed by atoms with van der Waals surface area (Å²) in [5.41, 5.74) is 7.67. The minimum atomic E-state index is -0.337. The fourth-order valence-corrected chi connectivity index (χ4v) is 7.36. The molecule has 3 heterocycles. The van der Waals surface area contributed by atoms with Crippen LogP contribution in [-0.2, 0) is 36.7 Å². The standard InChI is InChI=1S/C35H34NO2.C15H28O2.Ir/c1-20(2)16-23-12-13-26-21(3)33(38-30(26)17-23)34-22(4)31-29(37-34)14-15-36-32(31)25-18-24-10-8-9-11-27(24)28(19-25)35(5,6)7;1-7-14(5,8-2)12(16)11-13(17)15(6,9-3)10-4;/h8-15,17,19-20H,16H2,1-7H3;11,16H,7-10H2,1-6H3;/q-1;;/b;12-11-;. The molecular weight excluding hydrogens is 871 g/mol. The third kappa shape index (κ3) is 8.93. The Labute approximate surface area is 348 Å². The zero-order valence-electron chi connectivity index (χ0n) is 35.9. The molecule has 0 amide bonds. The van der Waals surface area contributed by atoms with E-state index in [2.05, 4.69) is 103 Å². The van der Waals surface area contributed by atoms with E-state index in [1.54, 1.807) is 0 Å². The average Bonchev–Trinajstić information content (AvgIpc) is 3.67. The van der Waals surface area contributed by atoms with Crippen molar-refractivity contribution in [2.45, 2.75) is 128 Å². The van der Waals surface area contributed by atoms with Crippen molar-refractivity contribution in [1.82, 2.24) is 4.98 Å². The molecule has 3 aromatic carbocycles. The largest absolute Gasteiger partial charge is 0.512 e. The van der Waals surface area contributed by atoms with Crippen LogP contribution >= 0.6 is 0 Å². The van der Waals surface area contributed by atoms with E-state index in [1.807, 2.05) is 53.8 Å². The average molecular weight is 933 g/mol. The summed E-state index contributed by atoms with van der Waals surface area (Å²) in [4.78, 5) is 17.0. The van der Waals surface area contributed by atoms with E-state index in [4.69, 9.17) is 13.8 Å². The van der Waals surface area contributed by atoms with Gasteiger partial charge in [0, 0.05) is 70.8 Å². The van der Waals surface area contributed by atoms with Crippen LogP contribution in [0.3, 0.4) is 0 Å². The number of aliphatic hydroxyl groups is 1. The van der Waals surface area contributed by atoms with Crippen LogP contribution in [0.5, 0.6) is 0 Å². The summed E-state index contributed by atoms with van der Waals surface area (Å²) in [7, 11) is 0. The number of fused-ring (bicyclic) bond motifs is 3. The van der Waals surface area contributed by atoms with Crippen molar-refractivity contribution < 1.29 is 38.8 Å². The van der Waals surface area contributed by atoms with Crippen molar-refractivity contribution in [2.24, 2.45) is 16.7 Å². The number of allylic oxidation sites excluding steroid dienone is 2. The van der Waals surface area contributed by atoms with Crippen LogP contribution in [0.4, 0.5) is 0 Å². The number of aliphatic hydroxyl groups excluding tert-OH is 1. The number of nitrogens with zero attached hydrogens (tertiary/aromatic N) is 1. The predicted molar refractivity (Wildman–Crippen MR) is 231 cm³/mol. The van der Waals surface area contributed by atoms with Gasteiger partial charge >= 0.3 is 0 Å². The monoisotopic (exact) mass is 933 g/mol. The van der Waals surface area contributed by atoms with E-state index < -0.39 is 0 Å². The Morgan fingerprint density at radius 2 is 1.41 bits per heavy atom. The van der Waals surface area contributed by atoms with E-state index in [-0.39, 0.29) is 47.9 Å². The summed E-state index contributed by atoms with van der Waals surface area (Å²) in [5, 5.41) is 14.6. The molecule has 1 N–H and O–H groups in total. The molecular formula is C50H62IrNO4-. The van der Waals surface area contributed by atoms with Gasteiger partial charge in [-0.05, 0) is 75.0 Å². The van der Waals surface area contributed by atoms with Gasteiger partial charge in [0.1, 0.15) is 16.9 Å². The molecule has 5 nitrogen and oxygen atoms in total. The first-order valence-electron chi connectivity index (χ1n) is 20.2. The number of ketones is 1. The molecule has 0 fully saturated rings. The molecule has 6 rings (SSSR count). The molecule has 0 bridgehead atoms. The van der Waals surface area contributed by atoms with Crippen molar-refractivity contribution in [1.29, 1.82) is 0 Å². The maximum atomic E-state index is 12.2. The Hall–Kier alpha value is -3.99. The fourth-order valence-electron chi connectivity index (χ4n) is 7.36. The number of carbonyl (C=O) groups excluding carboxylic acids is 1. The van der Waals surface area contributed by atoms with Crippen molar-refractivity contribution in [3.8, 4) is 22.8 Å². The minimum absolute atomic E-state index is 0. The quantitative estimate of drug-likeness (QED) is 0.0796. The number of aryl methyl sites for hydroxylation is 2. The Balaban J connectivity index is 0.000000330. The smallest absolute Gasteiger partial charge is 0.173 e. The number of hydrogen-bond acceptors (Lipinski definition) is 5. The minimum Gasteiger partial charge on any atom is -0.512 e. The summed E-state index contributed by atoms with van der Waals surface area (Å²) in [5.74, 6) is 2.44. The van der Waals surface area contributed by atoms with Crippen molar-refractivity contribution in [3.63, 3.8) is 0 Å². The first-order chi connectivity index (χ1) is 25.9. The summed E-state index contributed by atoms with van der Waals surface area (Å²) < 4.78 is 13.0. The second-order valence-electron chi connectivity index (χ2n) is 17.4. The van der Waals surface area contributed by atoms with Crippen LogP contribution in [0, 0.1) is 36.7 Å². The van der Waals surface area contributed by atoms with Gasteiger partial charge in [-0.15, -0.1) is 29.1 Å². The van der Waals surface area contributed by atoms with Gasteiger partial charge in [0.15, 0.2) is 17.3 Å². The second-order valence-corrected chi connectivity index (χ2v) is 17.4. The molecule has 0 aliphatic heterocycles. The zero-order valence-corrected chi connectivity index (χ0v) is 38.3. The maximum absolute atomic E-state index is 12.2. The number of benzene rings is 3. The Kier molecular flexibility index (Phi) is 14.1. The third-order valence-corrected chi connectivity index (χ3v) is 12.1. The van der Waals surface area contributed by atoms with Gasteiger partial charge in [-0.25, -0.2) is 0 Å². The molecule has 6 aromatic rings. The van der Waals surface area contributed by atoms with Crippen LogP contribution in [0.25, 0.3) is 55.5 Å². The molecule has 0 spiro atoms. The van der Waals surface area contributed by atoms with Crippen molar-refractivity contribution >= 4 is 38.5 Å². The SMILES string of the molecule is CCC(C)(CC)C(=O)/C=C(\O)C(C)(CC)CC.Cc1c(-c2oc3ccnc(-c4[c-]c5ccccc5c(C(C)(C)C)c4)c3c2C)oc2cc(CC(C)C)ccc12.[Ir]. The molecule has 301 valence electrons. The number of furan rings is 2. The maximum Gasteiger partial charge on any atom is 0.173 e. The molecule has 0 unspecified atom stereocenters. The van der Waals surface area contributed by atoms with Crippen LogP contribution < -0.4 is 0 Å². The number of pyridine rings is 1. The molecule has 0 saturated heterocycles. The molecule has 6 heteroatoms. The summed E-state index contributed by atoms with van der Waals surface area (Å²) in [6.45, 7) is 27.5. The van der Waals surface area contributed by atoms with Gasteiger partial charge in [-0.2, -0.15) is 0 Å². The Bertz CT molecular complexity index is 2340. The topological polar surface area (TPSA) is 76.5 Å². The first kappa shape index (κ1) is 44.7. The van der Waals surface area contributed by atoms with Crippen molar-refractivity contribution in [3.05, 3.63) is 101 Å². The van der Waals surface area contributed by atoms with Crippen LogP contribution in [-0.4, -0.2) is 15.9 Å². The summed E-state index contributed by atoms with van der Waals surface area (Å²) >= 11 is 0. The number of rotatable bonds is 11. The second kappa shape index (κ2) is 17.7. The van der Waals surface area contributed by atoms with Crippen LogP contribution in [0.1, 0.15) is 124 Å². The molecule has 0 saturated carbocycles. The fraction of sp³-hybridized carbons (Fsp3) is 0.440. The van der Waals surface area contributed by atoms with E-state index in [9.17, 15) is 9.90 Å². The van der Waals surface area contributed by atoms with E-state index in [1.165, 1.54) is 22.6 Å². The van der Waals surface area contributed by atoms with Gasteiger partial charge in [0.05, 0.1) is 0 Å². The van der Waals surface area contributed by atoms with Gasteiger partial charge in [0.25, 0.3) is 0 Å². The normalized spacial score (nSPS) is 12.6. The summed E-state index contributed by atoms with van der Waals surface area (Å²) in [6.07, 6.45) is 7.61. The first-order valence-corrected chi connectivity index (χ1v) is 20.2. The van der Waals surface area contributed by atoms with Gasteiger partial charge in [0.2, 0.25) is 0 Å². The summed E-state index contributed by atoms with van der Waals surface area (Å²) in [6, 6.07) is 22.9. The Morgan fingerprint density at radius 1 is 0.804 bits per heavy atom. The molecule has 3 aromatic heterocycles. The molecule has 0 atom stereocenters. The third-order valence-electron chi connectivity index (χ3n) is 12.1. The van der Waals surface area contributed by atoms with E-state index >= 15 is 0 Å². The molecule has 0 aliphatic carbocycles. The number of carbonyl (C=O) groups is 1. The van der Waals surface area contributed by atoms with Gasteiger partial charge in [-0.3, -0.25) is 9.78 Å². The zero-order chi connectivity index (χ0) is 40.5. The molecule has 1 radical (unpaired) electrons. The molecule has 0 aliphatic rings.